The maximum Gasteiger partial charge on any atom is 0.234 e. The highest BCUT2D eigenvalue weighted by molar-refractivity contribution is 5.78. The lowest BCUT2D eigenvalue weighted by molar-refractivity contribution is -0.122. The zero-order chi connectivity index (χ0) is 15.1. The minimum absolute atomic E-state index is 0.0366. The molecule has 1 heterocycles. The zero-order valence-electron chi connectivity index (χ0n) is 12.5. The largest absolute Gasteiger partial charge is 0.396 e. The normalized spacial score (nSPS) is 18.9. The molecule has 0 unspecified atom stereocenters. The number of likely N-dealkylation sites (tertiary alicyclic amines) is 1. The summed E-state index contributed by atoms with van der Waals surface area (Å²) in [7, 11) is 1.67. The van der Waals surface area contributed by atoms with Gasteiger partial charge in [0, 0.05) is 26.8 Å². The number of ether oxygens (including phenoxy) is 1. The Kier molecular flexibility index (Phi) is 6.17. The fraction of sp³-hybridized carbons (Fsp3) is 0.562. The van der Waals surface area contributed by atoms with Crippen LogP contribution in [0, 0.1) is 5.92 Å². The highest BCUT2D eigenvalue weighted by Gasteiger charge is 2.22. The molecule has 0 bridgehead atoms. The molecule has 1 aromatic rings. The fourth-order valence-corrected chi connectivity index (χ4v) is 2.59. The highest BCUT2D eigenvalue weighted by atomic mass is 16.5. The summed E-state index contributed by atoms with van der Waals surface area (Å²) in [6, 6.07) is 8.03. The quantitative estimate of drug-likeness (QED) is 0.779. The molecule has 1 aliphatic rings. The zero-order valence-corrected chi connectivity index (χ0v) is 12.5. The minimum atomic E-state index is 0.0366. The number of aliphatic hydroxyl groups is 1. The van der Waals surface area contributed by atoms with E-state index in [1.165, 1.54) is 0 Å². The molecule has 0 aromatic heterocycles. The van der Waals surface area contributed by atoms with Gasteiger partial charge in [-0.2, -0.15) is 0 Å². The van der Waals surface area contributed by atoms with Crippen LogP contribution >= 0.6 is 0 Å². The van der Waals surface area contributed by atoms with Gasteiger partial charge >= 0.3 is 0 Å². The van der Waals surface area contributed by atoms with E-state index < -0.39 is 0 Å². The van der Waals surface area contributed by atoms with E-state index in [0.717, 1.165) is 30.6 Å². The van der Waals surface area contributed by atoms with Crippen LogP contribution in [0.3, 0.4) is 0 Å². The van der Waals surface area contributed by atoms with Crippen LogP contribution in [0.15, 0.2) is 24.3 Å². The second-order valence-corrected chi connectivity index (χ2v) is 5.60. The van der Waals surface area contributed by atoms with Gasteiger partial charge < -0.3 is 15.2 Å². The first-order valence-corrected chi connectivity index (χ1v) is 7.38. The SMILES string of the molecule is COCc1ccc(CNC(=O)CN2CC[C@@H](CO)C2)cc1. The summed E-state index contributed by atoms with van der Waals surface area (Å²) in [4.78, 5) is 14.0. The van der Waals surface area contributed by atoms with E-state index in [-0.39, 0.29) is 12.5 Å². The smallest absolute Gasteiger partial charge is 0.234 e. The Morgan fingerprint density at radius 3 is 2.71 bits per heavy atom. The second-order valence-electron chi connectivity index (χ2n) is 5.60. The lowest BCUT2D eigenvalue weighted by atomic mass is 10.1. The van der Waals surface area contributed by atoms with Gasteiger partial charge in [-0.25, -0.2) is 0 Å². The van der Waals surface area contributed by atoms with E-state index >= 15 is 0 Å². The molecule has 2 rings (SSSR count). The average molecular weight is 292 g/mol. The number of methoxy groups -OCH3 is 1. The van der Waals surface area contributed by atoms with Crippen molar-refractivity contribution in [2.45, 2.75) is 19.6 Å². The average Bonchev–Trinajstić information content (AvgIpc) is 2.94. The van der Waals surface area contributed by atoms with Gasteiger partial charge in [0.2, 0.25) is 5.91 Å². The van der Waals surface area contributed by atoms with Gasteiger partial charge in [-0.3, -0.25) is 9.69 Å². The maximum absolute atomic E-state index is 11.9. The summed E-state index contributed by atoms with van der Waals surface area (Å²) in [5.41, 5.74) is 2.21. The number of rotatable bonds is 7. The van der Waals surface area contributed by atoms with Gasteiger partial charge in [-0.05, 0) is 30.0 Å². The second kappa shape index (κ2) is 8.12. The molecule has 21 heavy (non-hydrogen) atoms. The van der Waals surface area contributed by atoms with Crippen molar-refractivity contribution in [2.75, 3.05) is 33.4 Å². The summed E-state index contributed by atoms with van der Waals surface area (Å²) in [5, 5.41) is 12.0. The van der Waals surface area contributed by atoms with Crippen LogP contribution in [0.25, 0.3) is 0 Å². The van der Waals surface area contributed by atoms with E-state index in [2.05, 4.69) is 10.2 Å². The van der Waals surface area contributed by atoms with Gasteiger partial charge in [0.25, 0.3) is 0 Å². The summed E-state index contributed by atoms with van der Waals surface area (Å²) >= 11 is 0. The number of carbonyl (C=O) groups excluding carboxylic acids is 1. The van der Waals surface area contributed by atoms with E-state index in [1.54, 1.807) is 7.11 Å². The molecular formula is C16H24N2O3. The monoisotopic (exact) mass is 292 g/mol. The Labute approximate surface area is 125 Å². The predicted molar refractivity (Wildman–Crippen MR) is 80.6 cm³/mol. The first-order valence-electron chi connectivity index (χ1n) is 7.38. The molecule has 1 atom stereocenters. The van der Waals surface area contributed by atoms with Crippen LogP contribution in [0.1, 0.15) is 17.5 Å². The Morgan fingerprint density at radius 1 is 1.38 bits per heavy atom. The van der Waals surface area contributed by atoms with Gasteiger partial charge in [0.1, 0.15) is 0 Å². The van der Waals surface area contributed by atoms with Crippen molar-refractivity contribution in [2.24, 2.45) is 5.92 Å². The molecule has 0 saturated carbocycles. The highest BCUT2D eigenvalue weighted by Crippen LogP contribution is 2.14. The third-order valence-electron chi connectivity index (χ3n) is 3.82. The van der Waals surface area contributed by atoms with Crippen LogP contribution < -0.4 is 5.32 Å². The van der Waals surface area contributed by atoms with Gasteiger partial charge in [0.05, 0.1) is 13.2 Å². The number of amides is 1. The van der Waals surface area contributed by atoms with E-state index in [0.29, 0.717) is 25.6 Å². The number of benzene rings is 1. The number of aliphatic hydroxyl groups excluding tert-OH is 1. The van der Waals surface area contributed by atoms with E-state index in [4.69, 9.17) is 9.84 Å². The molecule has 2 N–H and O–H groups in total. The van der Waals surface area contributed by atoms with Crippen molar-refractivity contribution in [3.63, 3.8) is 0 Å². The van der Waals surface area contributed by atoms with Crippen LogP contribution in [-0.2, 0) is 22.7 Å². The summed E-state index contributed by atoms with van der Waals surface area (Å²) < 4.78 is 5.07. The van der Waals surface area contributed by atoms with Crippen molar-refractivity contribution in [1.29, 1.82) is 0 Å². The van der Waals surface area contributed by atoms with E-state index in [1.807, 2.05) is 24.3 Å². The summed E-state index contributed by atoms with van der Waals surface area (Å²) in [6.07, 6.45) is 0.977. The van der Waals surface area contributed by atoms with Crippen molar-refractivity contribution in [1.82, 2.24) is 10.2 Å². The lowest BCUT2D eigenvalue weighted by Gasteiger charge is -2.15. The van der Waals surface area contributed by atoms with Gasteiger partial charge in [0.15, 0.2) is 0 Å². The van der Waals surface area contributed by atoms with Gasteiger partial charge in [-0.1, -0.05) is 24.3 Å². The maximum atomic E-state index is 11.9. The van der Waals surface area contributed by atoms with E-state index in [9.17, 15) is 4.79 Å². The topological polar surface area (TPSA) is 61.8 Å². The van der Waals surface area contributed by atoms with Gasteiger partial charge in [-0.15, -0.1) is 0 Å². The van der Waals surface area contributed by atoms with Crippen molar-refractivity contribution >= 4 is 5.91 Å². The molecule has 1 aromatic carbocycles. The molecule has 1 amide bonds. The predicted octanol–water partition coefficient (Wildman–Crippen LogP) is 0.763. The first-order chi connectivity index (χ1) is 10.2. The fourth-order valence-electron chi connectivity index (χ4n) is 2.59. The number of nitrogens with zero attached hydrogens (tertiary/aromatic N) is 1. The molecule has 1 fully saturated rings. The van der Waals surface area contributed by atoms with Crippen LogP contribution in [0.5, 0.6) is 0 Å². The lowest BCUT2D eigenvalue weighted by Crippen LogP contribution is -2.35. The van der Waals surface area contributed by atoms with Crippen molar-refractivity contribution in [3.8, 4) is 0 Å². The Bertz CT molecular complexity index is 447. The molecule has 116 valence electrons. The molecule has 0 aliphatic carbocycles. The molecule has 5 heteroatoms. The molecule has 1 aliphatic heterocycles. The molecule has 0 radical (unpaired) electrons. The number of hydrogen-bond donors (Lipinski definition) is 2. The Hall–Kier alpha value is -1.43. The standard InChI is InChI=1S/C16H24N2O3/c1-21-12-14-4-2-13(3-5-14)8-17-16(20)10-18-7-6-15(9-18)11-19/h2-5,15,19H,6-12H2,1H3,(H,17,20)/t15-/m1/s1. The summed E-state index contributed by atoms with van der Waals surface area (Å²) in [5.74, 6) is 0.362. The van der Waals surface area contributed by atoms with Crippen LogP contribution in [0.2, 0.25) is 0 Å². The molecule has 0 spiro atoms. The molecule has 1 saturated heterocycles. The Morgan fingerprint density at radius 2 is 2.10 bits per heavy atom. The third kappa shape index (κ3) is 5.12. The molecule has 5 nitrogen and oxygen atoms in total. The number of carbonyl (C=O) groups is 1. The molecular weight excluding hydrogens is 268 g/mol. The third-order valence-corrected chi connectivity index (χ3v) is 3.82. The van der Waals surface area contributed by atoms with Crippen molar-refractivity contribution in [3.05, 3.63) is 35.4 Å². The Balaban J connectivity index is 1.71. The number of nitrogens with one attached hydrogen (secondary N) is 1. The van der Waals surface area contributed by atoms with Crippen LogP contribution in [0.4, 0.5) is 0 Å². The van der Waals surface area contributed by atoms with Crippen molar-refractivity contribution < 1.29 is 14.6 Å². The summed E-state index contributed by atoms with van der Waals surface area (Å²) in [6.45, 7) is 3.49. The number of hydrogen-bond acceptors (Lipinski definition) is 4. The minimum Gasteiger partial charge on any atom is -0.396 e. The van der Waals surface area contributed by atoms with Crippen LogP contribution in [-0.4, -0.2) is 49.3 Å². The first kappa shape index (κ1) is 15.9.